The van der Waals surface area contributed by atoms with Crippen LogP contribution in [0.3, 0.4) is 0 Å². The van der Waals surface area contributed by atoms with E-state index in [1.54, 1.807) is 32.4 Å². The van der Waals surface area contributed by atoms with Crippen molar-refractivity contribution in [3.8, 4) is 17.2 Å². The van der Waals surface area contributed by atoms with E-state index >= 15 is 0 Å². The van der Waals surface area contributed by atoms with Crippen LogP contribution in [0.1, 0.15) is 18.9 Å². The van der Waals surface area contributed by atoms with Gasteiger partial charge in [-0.2, -0.15) is 0 Å². The van der Waals surface area contributed by atoms with E-state index in [4.69, 9.17) is 14.2 Å². The van der Waals surface area contributed by atoms with Crippen LogP contribution in [-0.4, -0.2) is 26.7 Å². The molecule has 0 bridgehead atoms. The summed E-state index contributed by atoms with van der Waals surface area (Å²) in [5.41, 5.74) is 1.48. The molecule has 0 unspecified atom stereocenters. The maximum Gasteiger partial charge on any atom is 0.228 e. The first-order chi connectivity index (χ1) is 11.7. The average molecular weight is 329 g/mol. The summed E-state index contributed by atoms with van der Waals surface area (Å²) in [7, 11) is 3.17. The fraction of sp³-hybridized carbons (Fsp3) is 0.316. The van der Waals surface area contributed by atoms with Gasteiger partial charge in [-0.05, 0) is 36.8 Å². The fourth-order valence-electron chi connectivity index (χ4n) is 2.28. The molecule has 1 amide bonds. The van der Waals surface area contributed by atoms with Crippen LogP contribution in [0.15, 0.2) is 42.5 Å². The standard InChI is InChI=1S/C19H23NO4/c1-4-10-24-17-7-5-6-15(13-17)20-19(21)12-14-11-16(22-2)8-9-18(14)23-3/h5-9,11,13H,4,10,12H2,1-3H3,(H,20,21). The molecule has 0 heterocycles. The predicted molar refractivity (Wildman–Crippen MR) is 94.1 cm³/mol. The number of rotatable bonds is 8. The number of carbonyl (C=O) groups is 1. The molecule has 0 atom stereocenters. The van der Waals surface area contributed by atoms with Gasteiger partial charge in [0.05, 0.1) is 27.2 Å². The molecule has 1 N–H and O–H groups in total. The second-order valence-electron chi connectivity index (χ2n) is 5.28. The molecule has 2 aromatic carbocycles. The Balaban J connectivity index is 2.05. The minimum Gasteiger partial charge on any atom is -0.497 e. The van der Waals surface area contributed by atoms with Crippen molar-refractivity contribution >= 4 is 11.6 Å². The van der Waals surface area contributed by atoms with Crippen LogP contribution in [-0.2, 0) is 11.2 Å². The minimum atomic E-state index is -0.130. The highest BCUT2D eigenvalue weighted by Gasteiger charge is 2.11. The van der Waals surface area contributed by atoms with Gasteiger partial charge in [0, 0.05) is 17.3 Å². The number of methoxy groups -OCH3 is 2. The second kappa shape index (κ2) is 8.82. The lowest BCUT2D eigenvalue weighted by Gasteiger charge is -2.11. The number of ether oxygens (including phenoxy) is 3. The van der Waals surface area contributed by atoms with Crippen LogP contribution in [0.2, 0.25) is 0 Å². The van der Waals surface area contributed by atoms with Crippen molar-refractivity contribution in [2.45, 2.75) is 19.8 Å². The first-order valence-electron chi connectivity index (χ1n) is 7.90. The Bertz CT molecular complexity index is 685. The molecular formula is C19H23NO4. The number of anilines is 1. The molecule has 2 aromatic rings. The number of hydrogen-bond donors (Lipinski definition) is 1. The third-order valence-electron chi connectivity index (χ3n) is 3.43. The first kappa shape index (κ1) is 17.7. The van der Waals surface area contributed by atoms with Crippen molar-refractivity contribution in [2.75, 3.05) is 26.1 Å². The molecule has 128 valence electrons. The predicted octanol–water partition coefficient (Wildman–Crippen LogP) is 3.67. The molecule has 2 rings (SSSR count). The van der Waals surface area contributed by atoms with Crippen LogP contribution in [0, 0.1) is 0 Å². The number of nitrogens with one attached hydrogen (secondary N) is 1. The summed E-state index contributed by atoms with van der Waals surface area (Å²) in [5.74, 6) is 1.96. The highest BCUT2D eigenvalue weighted by Crippen LogP contribution is 2.25. The molecule has 24 heavy (non-hydrogen) atoms. The molecule has 5 nitrogen and oxygen atoms in total. The van der Waals surface area contributed by atoms with E-state index in [0.29, 0.717) is 23.8 Å². The number of hydrogen-bond acceptors (Lipinski definition) is 4. The Hall–Kier alpha value is -2.69. The van der Waals surface area contributed by atoms with Gasteiger partial charge in [-0.1, -0.05) is 13.0 Å². The summed E-state index contributed by atoms with van der Waals surface area (Å²) in [6.45, 7) is 2.70. The van der Waals surface area contributed by atoms with Crippen LogP contribution >= 0.6 is 0 Å². The Morgan fingerprint density at radius 1 is 1.04 bits per heavy atom. The Morgan fingerprint density at radius 2 is 1.88 bits per heavy atom. The average Bonchev–Trinajstić information content (AvgIpc) is 2.60. The van der Waals surface area contributed by atoms with Gasteiger partial charge < -0.3 is 19.5 Å². The number of carbonyl (C=O) groups excluding carboxylic acids is 1. The maximum absolute atomic E-state index is 12.3. The molecule has 0 saturated carbocycles. The van der Waals surface area contributed by atoms with Gasteiger partial charge in [0.25, 0.3) is 0 Å². The number of benzene rings is 2. The first-order valence-corrected chi connectivity index (χ1v) is 7.90. The van der Waals surface area contributed by atoms with E-state index in [9.17, 15) is 4.79 Å². The van der Waals surface area contributed by atoms with Gasteiger partial charge in [0.1, 0.15) is 17.2 Å². The van der Waals surface area contributed by atoms with Crippen molar-refractivity contribution in [3.63, 3.8) is 0 Å². The van der Waals surface area contributed by atoms with Gasteiger partial charge in [-0.15, -0.1) is 0 Å². The van der Waals surface area contributed by atoms with Crippen LogP contribution in [0.25, 0.3) is 0 Å². The molecular weight excluding hydrogens is 306 g/mol. The lowest BCUT2D eigenvalue weighted by atomic mass is 10.1. The van der Waals surface area contributed by atoms with Gasteiger partial charge in [0.15, 0.2) is 0 Å². The summed E-state index contributed by atoms with van der Waals surface area (Å²) in [4.78, 5) is 12.3. The van der Waals surface area contributed by atoms with Gasteiger partial charge >= 0.3 is 0 Å². The summed E-state index contributed by atoms with van der Waals surface area (Å²) in [5, 5.41) is 2.88. The molecule has 0 aromatic heterocycles. The van der Waals surface area contributed by atoms with E-state index in [2.05, 4.69) is 5.32 Å². The highest BCUT2D eigenvalue weighted by molar-refractivity contribution is 5.92. The van der Waals surface area contributed by atoms with Gasteiger partial charge in [-0.25, -0.2) is 0 Å². The Morgan fingerprint density at radius 3 is 2.58 bits per heavy atom. The van der Waals surface area contributed by atoms with E-state index in [-0.39, 0.29) is 12.3 Å². The molecule has 0 aliphatic carbocycles. The normalized spacial score (nSPS) is 10.1. The lowest BCUT2D eigenvalue weighted by molar-refractivity contribution is -0.115. The van der Waals surface area contributed by atoms with Gasteiger partial charge in [0.2, 0.25) is 5.91 Å². The highest BCUT2D eigenvalue weighted by atomic mass is 16.5. The summed E-state index contributed by atoms with van der Waals surface area (Å²) >= 11 is 0. The SMILES string of the molecule is CCCOc1cccc(NC(=O)Cc2cc(OC)ccc2OC)c1. The molecule has 5 heteroatoms. The van der Waals surface area contributed by atoms with E-state index in [1.165, 1.54) is 0 Å². The molecule has 0 fully saturated rings. The zero-order valence-corrected chi connectivity index (χ0v) is 14.3. The van der Waals surface area contributed by atoms with Crippen molar-refractivity contribution in [1.82, 2.24) is 0 Å². The molecule has 0 aliphatic rings. The Kier molecular flexibility index (Phi) is 6.49. The van der Waals surface area contributed by atoms with Crippen molar-refractivity contribution < 1.29 is 19.0 Å². The van der Waals surface area contributed by atoms with Crippen molar-refractivity contribution in [1.29, 1.82) is 0 Å². The second-order valence-corrected chi connectivity index (χ2v) is 5.28. The van der Waals surface area contributed by atoms with Crippen LogP contribution in [0.4, 0.5) is 5.69 Å². The lowest BCUT2D eigenvalue weighted by Crippen LogP contribution is -2.15. The fourth-order valence-corrected chi connectivity index (χ4v) is 2.28. The van der Waals surface area contributed by atoms with Crippen molar-refractivity contribution in [2.24, 2.45) is 0 Å². The smallest absolute Gasteiger partial charge is 0.228 e. The van der Waals surface area contributed by atoms with E-state index in [1.807, 2.05) is 31.2 Å². The summed E-state index contributed by atoms with van der Waals surface area (Å²) < 4.78 is 16.1. The van der Waals surface area contributed by atoms with Crippen LogP contribution in [0.5, 0.6) is 17.2 Å². The summed E-state index contributed by atoms with van der Waals surface area (Å²) in [6, 6.07) is 12.8. The van der Waals surface area contributed by atoms with Crippen molar-refractivity contribution in [3.05, 3.63) is 48.0 Å². The van der Waals surface area contributed by atoms with E-state index in [0.717, 1.165) is 17.7 Å². The monoisotopic (exact) mass is 329 g/mol. The van der Waals surface area contributed by atoms with Crippen LogP contribution < -0.4 is 19.5 Å². The summed E-state index contributed by atoms with van der Waals surface area (Å²) in [6.07, 6.45) is 1.13. The number of amides is 1. The molecule has 0 radical (unpaired) electrons. The third-order valence-corrected chi connectivity index (χ3v) is 3.43. The quantitative estimate of drug-likeness (QED) is 0.803. The van der Waals surface area contributed by atoms with E-state index < -0.39 is 0 Å². The zero-order valence-electron chi connectivity index (χ0n) is 14.3. The largest absolute Gasteiger partial charge is 0.497 e. The third kappa shape index (κ3) is 4.91. The molecule has 0 saturated heterocycles. The minimum absolute atomic E-state index is 0.130. The zero-order chi connectivity index (χ0) is 17.4. The van der Waals surface area contributed by atoms with Gasteiger partial charge in [-0.3, -0.25) is 4.79 Å². The maximum atomic E-state index is 12.3. The topological polar surface area (TPSA) is 56.8 Å². The molecule has 0 spiro atoms. The molecule has 0 aliphatic heterocycles. The Labute approximate surface area is 142 Å².